The van der Waals surface area contributed by atoms with Crippen LogP contribution in [0.1, 0.15) is 16.1 Å². The van der Waals surface area contributed by atoms with Gasteiger partial charge < -0.3 is 19.3 Å². The molecule has 4 rings (SSSR count). The molecule has 0 fully saturated rings. The third-order valence-electron chi connectivity index (χ3n) is 5.99. The minimum Gasteiger partial charge on any atom is -0.497 e. The highest BCUT2D eigenvalue weighted by molar-refractivity contribution is 6.30. The van der Waals surface area contributed by atoms with Crippen molar-refractivity contribution < 1.29 is 14.3 Å². The van der Waals surface area contributed by atoms with Crippen molar-refractivity contribution in [1.82, 2.24) is 19.6 Å². The van der Waals surface area contributed by atoms with Crippen LogP contribution in [0, 0.1) is 0 Å². The molecule has 1 heterocycles. The van der Waals surface area contributed by atoms with Crippen LogP contribution in [0.3, 0.4) is 0 Å². The van der Waals surface area contributed by atoms with Crippen LogP contribution in [0.15, 0.2) is 78.9 Å². The average molecular weight is 519 g/mol. The normalized spacial score (nSPS) is 11.0. The molecule has 0 aliphatic carbocycles. The number of nitrogens with zero attached hydrogens (tertiary/aromatic N) is 4. The van der Waals surface area contributed by atoms with E-state index in [2.05, 4.69) is 4.90 Å². The van der Waals surface area contributed by atoms with E-state index < -0.39 is 0 Å². The minimum atomic E-state index is -0.128. The number of carbonyl (C=O) groups excluding carboxylic acids is 1. The van der Waals surface area contributed by atoms with Gasteiger partial charge in [0, 0.05) is 36.3 Å². The van der Waals surface area contributed by atoms with Crippen LogP contribution in [-0.4, -0.2) is 66.9 Å². The van der Waals surface area contributed by atoms with Crippen LogP contribution in [0.25, 0.3) is 16.9 Å². The van der Waals surface area contributed by atoms with E-state index in [4.69, 9.17) is 26.2 Å². The molecule has 0 saturated heterocycles. The van der Waals surface area contributed by atoms with Crippen molar-refractivity contribution >= 4 is 17.5 Å². The summed E-state index contributed by atoms with van der Waals surface area (Å²) in [6, 6.07) is 24.6. The van der Waals surface area contributed by atoms with E-state index in [1.54, 1.807) is 43.2 Å². The number of amides is 1. The van der Waals surface area contributed by atoms with Crippen LogP contribution in [0.5, 0.6) is 11.5 Å². The first-order valence-electron chi connectivity index (χ1n) is 12.0. The van der Waals surface area contributed by atoms with E-state index in [9.17, 15) is 4.79 Å². The summed E-state index contributed by atoms with van der Waals surface area (Å²) in [5, 5.41) is 5.40. The highest BCUT2D eigenvalue weighted by atomic mass is 35.5. The molecule has 4 aromatic rings. The van der Waals surface area contributed by atoms with Crippen molar-refractivity contribution in [1.29, 1.82) is 0 Å². The van der Waals surface area contributed by atoms with E-state index in [1.165, 1.54) is 0 Å². The lowest BCUT2D eigenvalue weighted by atomic mass is 10.1. The van der Waals surface area contributed by atoms with Gasteiger partial charge in [0.15, 0.2) is 0 Å². The summed E-state index contributed by atoms with van der Waals surface area (Å²) in [6.45, 7) is 1.76. The second-order valence-electron chi connectivity index (χ2n) is 8.89. The molecule has 0 unspecified atom stereocenters. The summed E-state index contributed by atoms with van der Waals surface area (Å²) in [5.74, 6) is 1.14. The van der Waals surface area contributed by atoms with E-state index in [1.807, 2.05) is 73.6 Å². The van der Waals surface area contributed by atoms with Gasteiger partial charge in [0.1, 0.15) is 17.2 Å². The SMILES string of the molecule is COc1ccc(-c2cc(C(=O)N(CCN(C)C)Cc3ccccc3)n(-c3cccc(Cl)c3)n2)c(OC)c1. The lowest BCUT2D eigenvalue weighted by Crippen LogP contribution is -2.37. The Bertz CT molecular complexity index is 1350. The van der Waals surface area contributed by atoms with Gasteiger partial charge in [-0.2, -0.15) is 5.10 Å². The Hall–Kier alpha value is -3.81. The zero-order chi connectivity index (χ0) is 26.4. The van der Waals surface area contributed by atoms with Crippen molar-refractivity contribution in [2.45, 2.75) is 6.54 Å². The Morgan fingerprint density at radius 2 is 1.70 bits per heavy atom. The van der Waals surface area contributed by atoms with Crippen LogP contribution in [0.4, 0.5) is 0 Å². The van der Waals surface area contributed by atoms with Crippen molar-refractivity contribution in [2.24, 2.45) is 0 Å². The number of halogens is 1. The Balaban J connectivity index is 1.81. The maximum absolute atomic E-state index is 14.1. The molecule has 192 valence electrons. The molecular formula is C29H31ClN4O3. The summed E-state index contributed by atoms with van der Waals surface area (Å²) in [7, 11) is 7.19. The van der Waals surface area contributed by atoms with Gasteiger partial charge in [-0.3, -0.25) is 4.79 Å². The van der Waals surface area contributed by atoms with Gasteiger partial charge in [0.25, 0.3) is 5.91 Å². The van der Waals surface area contributed by atoms with Gasteiger partial charge >= 0.3 is 0 Å². The lowest BCUT2D eigenvalue weighted by molar-refractivity contribution is 0.0722. The fraction of sp³-hybridized carbons (Fsp3) is 0.241. The summed E-state index contributed by atoms with van der Waals surface area (Å²) < 4.78 is 12.6. The third kappa shape index (κ3) is 6.31. The molecule has 0 radical (unpaired) electrons. The molecule has 1 amide bonds. The quantitative estimate of drug-likeness (QED) is 0.281. The van der Waals surface area contributed by atoms with Gasteiger partial charge in [0.2, 0.25) is 0 Å². The minimum absolute atomic E-state index is 0.128. The predicted octanol–water partition coefficient (Wildman–Crippen LogP) is 5.41. The van der Waals surface area contributed by atoms with Crippen molar-refractivity contribution in [3.63, 3.8) is 0 Å². The zero-order valence-electron chi connectivity index (χ0n) is 21.5. The average Bonchev–Trinajstić information content (AvgIpc) is 3.36. The van der Waals surface area contributed by atoms with Crippen molar-refractivity contribution in [3.8, 4) is 28.4 Å². The highest BCUT2D eigenvalue weighted by Crippen LogP contribution is 2.34. The Labute approximate surface area is 222 Å². The molecule has 8 heteroatoms. The largest absolute Gasteiger partial charge is 0.497 e. The standard InChI is InChI=1S/C29H31ClN4O3/c1-32(2)15-16-33(20-21-9-6-5-7-10-21)29(35)27-19-26(25-14-13-24(36-3)18-28(25)37-4)31-34(27)23-12-8-11-22(30)17-23/h5-14,17-19H,15-16,20H2,1-4H3. The van der Waals surface area contributed by atoms with Crippen LogP contribution < -0.4 is 9.47 Å². The molecule has 7 nitrogen and oxygen atoms in total. The molecule has 1 aromatic heterocycles. The number of hydrogen-bond acceptors (Lipinski definition) is 5. The predicted molar refractivity (Wildman–Crippen MR) is 147 cm³/mol. The topological polar surface area (TPSA) is 59.8 Å². The summed E-state index contributed by atoms with van der Waals surface area (Å²) >= 11 is 6.31. The molecule has 0 atom stereocenters. The fourth-order valence-corrected chi connectivity index (χ4v) is 4.20. The van der Waals surface area contributed by atoms with E-state index >= 15 is 0 Å². The Morgan fingerprint density at radius 3 is 2.38 bits per heavy atom. The van der Waals surface area contributed by atoms with Crippen LogP contribution in [-0.2, 0) is 6.54 Å². The number of aromatic nitrogens is 2. The summed E-state index contributed by atoms with van der Waals surface area (Å²) in [6.07, 6.45) is 0. The number of ether oxygens (including phenoxy) is 2. The maximum atomic E-state index is 14.1. The smallest absolute Gasteiger partial charge is 0.272 e. The number of rotatable bonds is 10. The molecule has 0 aliphatic rings. The van der Waals surface area contributed by atoms with Crippen molar-refractivity contribution in [2.75, 3.05) is 41.4 Å². The monoisotopic (exact) mass is 518 g/mol. The number of carbonyl (C=O) groups is 1. The van der Waals surface area contributed by atoms with E-state index in [-0.39, 0.29) is 5.91 Å². The summed E-state index contributed by atoms with van der Waals surface area (Å²) in [5.41, 5.74) is 3.54. The fourth-order valence-electron chi connectivity index (χ4n) is 4.02. The molecule has 0 aliphatic heterocycles. The second-order valence-corrected chi connectivity index (χ2v) is 9.32. The van der Waals surface area contributed by atoms with Gasteiger partial charge in [-0.1, -0.05) is 48.0 Å². The number of methoxy groups -OCH3 is 2. The molecule has 37 heavy (non-hydrogen) atoms. The number of hydrogen-bond donors (Lipinski definition) is 0. The maximum Gasteiger partial charge on any atom is 0.272 e. The molecule has 0 bridgehead atoms. The Morgan fingerprint density at radius 1 is 0.919 bits per heavy atom. The molecular weight excluding hydrogens is 488 g/mol. The zero-order valence-corrected chi connectivity index (χ0v) is 22.3. The van der Waals surface area contributed by atoms with Gasteiger partial charge in [-0.25, -0.2) is 4.68 Å². The Kier molecular flexibility index (Phi) is 8.48. The molecule has 0 N–H and O–H groups in total. The van der Waals surface area contributed by atoms with Gasteiger partial charge in [0.05, 0.1) is 25.6 Å². The number of benzene rings is 3. The highest BCUT2D eigenvalue weighted by Gasteiger charge is 2.24. The second kappa shape index (κ2) is 12.0. The van der Waals surface area contributed by atoms with Crippen LogP contribution in [0.2, 0.25) is 5.02 Å². The lowest BCUT2D eigenvalue weighted by Gasteiger charge is -2.25. The van der Waals surface area contributed by atoms with Gasteiger partial charge in [-0.15, -0.1) is 0 Å². The molecule has 3 aromatic carbocycles. The number of likely N-dealkylation sites (N-methyl/N-ethyl adjacent to an activating group) is 1. The first kappa shape index (κ1) is 26.3. The van der Waals surface area contributed by atoms with Gasteiger partial charge in [-0.05, 0) is 56.1 Å². The van der Waals surface area contributed by atoms with E-state index in [0.29, 0.717) is 46.7 Å². The van der Waals surface area contributed by atoms with Crippen molar-refractivity contribution in [3.05, 3.63) is 95.1 Å². The van der Waals surface area contributed by atoms with Crippen LogP contribution >= 0.6 is 11.6 Å². The first-order chi connectivity index (χ1) is 17.9. The van der Waals surface area contributed by atoms with E-state index in [0.717, 1.165) is 17.7 Å². The third-order valence-corrected chi connectivity index (χ3v) is 6.22. The summed E-state index contributed by atoms with van der Waals surface area (Å²) in [4.78, 5) is 18.0. The first-order valence-corrected chi connectivity index (χ1v) is 12.3. The molecule has 0 saturated carbocycles. The molecule has 0 spiro atoms.